The highest BCUT2D eigenvalue weighted by Gasteiger charge is 2.32. The number of aryl methyl sites for hydroxylation is 2. The summed E-state index contributed by atoms with van der Waals surface area (Å²) in [5.74, 6) is -0.665. The number of pyridine rings is 1. The minimum absolute atomic E-state index is 0.0702. The number of aromatic nitrogens is 2. The van der Waals surface area contributed by atoms with Crippen molar-refractivity contribution >= 4 is 51.9 Å². The van der Waals surface area contributed by atoms with Gasteiger partial charge in [-0.2, -0.15) is 4.98 Å². The molecular weight excluding hydrogens is 486 g/mol. The highest BCUT2D eigenvalue weighted by molar-refractivity contribution is 8.26. The number of rotatable bonds is 7. The summed E-state index contributed by atoms with van der Waals surface area (Å²) in [7, 11) is 0. The molecule has 3 heterocycles. The minimum Gasteiger partial charge on any atom is -0.481 e. The van der Waals surface area contributed by atoms with Crippen LogP contribution in [0.15, 0.2) is 46.2 Å². The minimum atomic E-state index is -0.940. The lowest BCUT2D eigenvalue weighted by Crippen LogP contribution is -2.29. The number of fused-ring (bicyclic) bond motifs is 1. The van der Waals surface area contributed by atoms with E-state index in [1.807, 2.05) is 39.0 Å². The standard InChI is InChI=1S/C25H23N3O5S2/c1-14-7-4-9-18(16(14)3)33-22-17(23(31)27-11-5-8-15(2)21(27)26-22)13-19-24(32)28(25(34)35-19)12-6-10-20(29)30/h4-5,7-9,11,13H,6,10,12H2,1-3H3,(H,29,30)/b19-13+. The van der Waals surface area contributed by atoms with E-state index in [1.165, 1.54) is 15.4 Å². The van der Waals surface area contributed by atoms with Gasteiger partial charge in [0, 0.05) is 19.2 Å². The van der Waals surface area contributed by atoms with Gasteiger partial charge in [-0.3, -0.25) is 23.7 Å². The Kier molecular flexibility index (Phi) is 7.04. The second-order valence-electron chi connectivity index (χ2n) is 8.15. The topological polar surface area (TPSA) is 101 Å². The number of aliphatic carboxylic acids is 1. The molecule has 1 aliphatic rings. The van der Waals surface area contributed by atoms with Crippen molar-refractivity contribution in [2.75, 3.05) is 6.54 Å². The Balaban J connectivity index is 1.80. The molecule has 1 saturated heterocycles. The van der Waals surface area contributed by atoms with E-state index in [-0.39, 0.29) is 47.2 Å². The average molecular weight is 510 g/mol. The molecule has 8 nitrogen and oxygen atoms in total. The van der Waals surface area contributed by atoms with Gasteiger partial charge in [-0.05, 0) is 62.1 Å². The number of carboxylic acid groups (broad SMARTS) is 1. The SMILES string of the molecule is Cc1cccc(Oc2nc3c(C)cccn3c(=O)c2/C=C2/SC(=S)N(CCCC(=O)O)C2=O)c1C. The average Bonchev–Trinajstić information content (AvgIpc) is 3.07. The van der Waals surface area contributed by atoms with Crippen LogP contribution in [0.5, 0.6) is 11.6 Å². The van der Waals surface area contributed by atoms with Gasteiger partial charge in [0.05, 0.1) is 4.91 Å². The first-order valence-electron chi connectivity index (χ1n) is 10.9. The fourth-order valence-electron chi connectivity index (χ4n) is 3.64. The lowest BCUT2D eigenvalue weighted by molar-refractivity contribution is -0.137. The zero-order valence-corrected chi connectivity index (χ0v) is 21.0. The molecule has 0 aliphatic carbocycles. The van der Waals surface area contributed by atoms with Crippen LogP contribution < -0.4 is 10.3 Å². The molecule has 0 bridgehead atoms. The number of benzene rings is 1. The smallest absolute Gasteiger partial charge is 0.303 e. The van der Waals surface area contributed by atoms with Crippen LogP contribution in [0.4, 0.5) is 0 Å². The maximum atomic E-state index is 13.5. The van der Waals surface area contributed by atoms with Gasteiger partial charge in [-0.15, -0.1) is 0 Å². The van der Waals surface area contributed by atoms with E-state index >= 15 is 0 Å². The number of hydrogen-bond acceptors (Lipinski definition) is 7. The number of carboxylic acids is 1. The molecule has 0 atom stereocenters. The van der Waals surface area contributed by atoms with E-state index in [9.17, 15) is 14.4 Å². The van der Waals surface area contributed by atoms with Crippen LogP contribution in [-0.2, 0) is 9.59 Å². The molecule has 0 radical (unpaired) electrons. The Morgan fingerprint density at radius 3 is 2.66 bits per heavy atom. The van der Waals surface area contributed by atoms with Crippen LogP contribution >= 0.6 is 24.0 Å². The fraction of sp³-hybridized carbons (Fsp3) is 0.240. The molecule has 1 aliphatic heterocycles. The molecule has 1 N–H and O–H groups in total. The monoisotopic (exact) mass is 509 g/mol. The van der Waals surface area contributed by atoms with Gasteiger partial charge in [0.15, 0.2) is 0 Å². The molecule has 1 fully saturated rings. The van der Waals surface area contributed by atoms with Crippen molar-refractivity contribution in [2.45, 2.75) is 33.6 Å². The van der Waals surface area contributed by atoms with Gasteiger partial charge in [-0.25, -0.2) is 0 Å². The number of thiocarbonyl (C=S) groups is 1. The Morgan fingerprint density at radius 2 is 1.91 bits per heavy atom. The number of carbonyl (C=O) groups is 2. The second kappa shape index (κ2) is 10.0. The number of nitrogens with zero attached hydrogens (tertiary/aromatic N) is 3. The van der Waals surface area contributed by atoms with E-state index in [0.29, 0.717) is 15.7 Å². The van der Waals surface area contributed by atoms with E-state index in [4.69, 9.17) is 22.1 Å². The molecule has 3 aromatic rings. The maximum Gasteiger partial charge on any atom is 0.303 e. The Labute approximate surface area is 211 Å². The zero-order valence-electron chi connectivity index (χ0n) is 19.4. The van der Waals surface area contributed by atoms with Gasteiger partial charge >= 0.3 is 5.97 Å². The summed E-state index contributed by atoms with van der Waals surface area (Å²) in [6, 6.07) is 9.23. The van der Waals surface area contributed by atoms with E-state index < -0.39 is 5.97 Å². The number of amides is 1. The summed E-state index contributed by atoms with van der Waals surface area (Å²) < 4.78 is 7.89. The predicted octanol–water partition coefficient (Wildman–Crippen LogP) is 4.48. The van der Waals surface area contributed by atoms with Gasteiger partial charge in [0.2, 0.25) is 5.88 Å². The fourth-order valence-corrected chi connectivity index (χ4v) is 4.93. The molecule has 10 heteroatoms. The Bertz CT molecular complexity index is 1460. The first-order valence-corrected chi connectivity index (χ1v) is 12.1. The van der Waals surface area contributed by atoms with E-state index in [0.717, 1.165) is 28.5 Å². The summed E-state index contributed by atoms with van der Waals surface area (Å²) in [6.45, 7) is 5.93. The van der Waals surface area contributed by atoms with Crippen molar-refractivity contribution < 1.29 is 19.4 Å². The molecule has 4 rings (SSSR count). The van der Waals surface area contributed by atoms with Crippen molar-refractivity contribution in [3.63, 3.8) is 0 Å². The summed E-state index contributed by atoms with van der Waals surface area (Å²) in [4.78, 5) is 43.6. The molecule has 0 unspecified atom stereocenters. The van der Waals surface area contributed by atoms with E-state index in [1.54, 1.807) is 18.3 Å². The highest BCUT2D eigenvalue weighted by atomic mass is 32.2. The Morgan fingerprint density at radius 1 is 1.17 bits per heavy atom. The van der Waals surface area contributed by atoms with Crippen molar-refractivity contribution in [1.29, 1.82) is 0 Å². The predicted molar refractivity (Wildman–Crippen MR) is 139 cm³/mol. The van der Waals surface area contributed by atoms with Crippen LogP contribution in [0.3, 0.4) is 0 Å². The number of ether oxygens (including phenoxy) is 1. The quantitative estimate of drug-likeness (QED) is 0.368. The normalized spacial score (nSPS) is 14.8. The first kappa shape index (κ1) is 24.6. The zero-order chi connectivity index (χ0) is 25.3. The van der Waals surface area contributed by atoms with Crippen LogP contribution in [-0.4, -0.2) is 42.1 Å². The molecule has 0 spiro atoms. The molecule has 2 aromatic heterocycles. The van der Waals surface area contributed by atoms with Gasteiger partial charge < -0.3 is 9.84 Å². The van der Waals surface area contributed by atoms with Crippen LogP contribution in [0, 0.1) is 20.8 Å². The molecule has 180 valence electrons. The maximum absolute atomic E-state index is 13.5. The van der Waals surface area contributed by atoms with Gasteiger partial charge in [-0.1, -0.05) is 42.2 Å². The molecule has 1 amide bonds. The van der Waals surface area contributed by atoms with Crippen molar-refractivity contribution in [1.82, 2.24) is 14.3 Å². The lowest BCUT2D eigenvalue weighted by Gasteiger charge is -2.14. The molecular formula is C25H23N3O5S2. The van der Waals surface area contributed by atoms with Crippen LogP contribution in [0.2, 0.25) is 0 Å². The molecule has 35 heavy (non-hydrogen) atoms. The summed E-state index contributed by atoms with van der Waals surface area (Å²) in [6.07, 6.45) is 3.28. The first-order chi connectivity index (χ1) is 16.7. The van der Waals surface area contributed by atoms with Gasteiger partial charge in [0.25, 0.3) is 11.5 Å². The largest absolute Gasteiger partial charge is 0.481 e. The van der Waals surface area contributed by atoms with Gasteiger partial charge in [0.1, 0.15) is 21.3 Å². The van der Waals surface area contributed by atoms with Crippen LogP contribution in [0.1, 0.15) is 35.1 Å². The molecule has 1 aromatic carbocycles. The van der Waals surface area contributed by atoms with Crippen LogP contribution in [0.25, 0.3) is 11.7 Å². The lowest BCUT2D eigenvalue weighted by atomic mass is 10.1. The van der Waals surface area contributed by atoms with Crippen molar-refractivity contribution in [2.24, 2.45) is 0 Å². The highest BCUT2D eigenvalue weighted by Crippen LogP contribution is 2.35. The van der Waals surface area contributed by atoms with Crippen molar-refractivity contribution in [3.8, 4) is 11.6 Å². The second-order valence-corrected chi connectivity index (χ2v) is 9.83. The summed E-state index contributed by atoms with van der Waals surface area (Å²) >= 11 is 6.40. The molecule has 0 saturated carbocycles. The third-order valence-electron chi connectivity index (χ3n) is 5.73. The number of thioether (sulfide) groups is 1. The number of hydrogen-bond donors (Lipinski definition) is 1. The van der Waals surface area contributed by atoms with E-state index in [2.05, 4.69) is 4.98 Å². The summed E-state index contributed by atoms with van der Waals surface area (Å²) in [5.41, 5.74) is 2.94. The number of carbonyl (C=O) groups excluding carboxylic acids is 1. The van der Waals surface area contributed by atoms with Crippen molar-refractivity contribution in [3.05, 3.63) is 74.0 Å². The summed E-state index contributed by atoms with van der Waals surface area (Å²) in [5, 5.41) is 8.88. The third kappa shape index (κ3) is 4.98. The Hall–Kier alpha value is -3.50. The third-order valence-corrected chi connectivity index (χ3v) is 7.11.